The third-order valence-corrected chi connectivity index (χ3v) is 3.18. The van der Waals surface area contributed by atoms with Crippen LogP contribution in [0.4, 0.5) is 0 Å². The van der Waals surface area contributed by atoms with E-state index in [0.29, 0.717) is 6.61 Å². The third kappa shape index (κ3) is 4.01. The zero-order valence-electron chi connectivity index (χ0n) is 11.9. The Hall–Kier alpha value is -0.980. The van der Waals surface area contributed by atoms with Crippen molar-refractivity contribution in [1.29, 1.82) is 0 Å². The van der Waals surface area contributed by atoms with Crippen molar-refractivity contribution in [2.45, 2.75) is 44.6 Å². The summed E-state index contributed by atoms with van der Waals surface area (Å²) in [4.78, 5) is 0. The average Bonchev–Trinajstić information content (AvgIpc) is 2.75. The fourth-order valence-corrected chi connectivity index (χ4v) is 2.30. The molecule has 0 amide bonds. The predicted molar refractivity (Wildman–Crippen MR) is 73.0 cm³/mol. The number of ether oxygens (including phenoxy) is 3. The molecule has 2 rings (SSSR count). The van der Waals surface area contributed by atoms with Gasteiger partial charge in [-0.25, -0.2) is 0 Å². The fraction of sp³-hybridized carbons (Fsp3) is 0.600. The largest absolute Gasteiger partial charge is 0.394 e. The van der Waals surface area contributed by atoms with Crippen molar-refractivity contribution in [1.82, 2.24) is 0 Å². The van der Waals surface area contributed by atoms with Crippen LogP contribution < -0.4 is 0 Å². The SMILES string of the molecule is CC1(C)O[C@H]([C@@H](O)COCc2ccccc2)[C@H](CO)O1. The monoisotopic (exact) mass is 282 g/mol. The number of hydrogen-bond donors (Lipinski definition) is 2. The summed E-state index contributed by atoms with van der Waals surface area (Å²) in [5.41, 5.74) is 1.04. The van der Waals surface area contributed by atoms with Gasteiger partial charge in [-0.15, -0.1) is 0 Å². The molecule has 5 heteroatoms. The van der Waals surface area contributed by atoms with Crippen LogP contribution in [0.2, 0.25) is 0 Å². The van der Waals surface area contributed by atoms with E-state index in [0.717, 1.165) is 5.56 Å². The summed E-state index contributed by atoms with van der Waals surface area (Å²) in [5, 5.41) is 19.4. The van der Waals surface area contributed by atoms with Crippen LogP contribution in [0.1, 0.15) is 19.4 Å². The van der Waals surface area contributed by atoms with Gasteiger partial charge in [0.05, 0.1) is 19.8 Å². The molecule has 2 N–H and O–H groups in total. The Morgan fingerprint density at radius 3 is 2.60 bits per heavy atom. The van der Waals surface area contributed by atoms with Crippen molar-refractivity contribution in [3.63, 3.8) is 0 Å². The zero-order valence-corrected chi connectivity index (χ0v) is 11.9. The van der Waals surface area contributed by atoms with Crippen molar-refractivity contribution >= 4 is 0 Å². The molecule has 1 aliphatic rings. The molecule has 0 radical (unpaired) electrons. The van der Waals surface area contributed by atoms with Crippen LogP contribution in [-0.2, 0) is 20.8 Å². The maximum Gasteiger partial charge on any atom is 0.164 e. The second kappa shape index (κ2) is 6.65. The van der Waals surface area contributed by atoms with Crippen LogP contribution in [-0.4, -0.2) is 47.5 Å². The minimum absolute atomic E-state index is 0.134. The molecule has 1 aromatic carbocycles. The van der Waals surface area contributed by atoms with Gasteiger partial charge in [0.15, 0.2) is 5.79 Å². The maximum absolute atomic E-state index is 10.1. The van der Waals surface area contributed by atoms with E-state index >= 15 is 0 Å². The topological polar surface area (TPSA) is 68.2 Å². The molecule has 112 valence electrons. The Morgan fingerprint density at radius 2 is 1.95 bits per heavy atom. The van der Waals surface area contributed by atoms with Gasteiger partial charge < -0.3 is 24.4 Å². The molecule has 0 spiro atoms. The number of aliphatic hydroxyl groups excluding tert-OH is 2. The van der Waals surface area contributed by atoms with Gasteiger partial charge in [0.2, 0.25) is 0 Å². The molecule has 3 atom stereocenters. The van der Waals surface area contributed by atoms with E-state index in [-0.39, 0.29) is 13.2 Å². The molecule has 1 aliphatic heterocycles. The van der Waals surface area contributed by atoms with Crippen LogP contribution in [0.25, 0.3) is 0 Å². The summed E-state index contributed by atoms with van der Waals surface area (Å²) < 4.78 is 16.6. The molecule has 0 aromatic heterocycles. The minimum atomic E-state index is -0.836. The molecule has 5 nitrogen and oxygen atoms in total. The Bertz CT molecular complexity index is 406. The quantitative estimate of drug-likeness (QED) is 0.817. The van der Waals surface area contributed by atoms with Crippen molar-refractivity contribution < 1.29 is 24.4 Å². The Kier molecular flexibility index (Phi) is 5.12. The first-order valence-electron chi connectivity index (χ1n) is 6.78. The lowest BCUT2D eigenvalue weighted by Gasteiger charge is -2.21. The highest BCUT2D eigenvalue weighted by Gasteiger charge is 2.44. The van der Waals surface area contributed by atoms with Crippen LogP contribution in [0.3, 0.4) is 0 Å². The van der Waals surface area contributed by atoms with E-state index in [9.17, 15) is 10.2 Å². The van der Waals surface area contributed by atoms with Gasteiger partial charge in [-0.2, -0.15) is 0 Å². The summed E-state index contributed by atoms with van der Waals surface area (Å²) >= 11 is 0. The smallest absolute Gasteiger partial charge is 0.164 e. The summed E-state index contributed by atoms with van der Waals surface area (Å²) in [6.07, 6.45) is -1.94. The lowest BCUT2D eigenvalue weighted by Crippen LogP contribution is -2.40. The summed E-state index contributed by atoms with van der Waals surface area (Å²) in [6, 6.07) is 9.74. The van der Waals surface area contributed by atoms with Gasteiger partial charge in [0, 0.05) is 0 Å². The van der Waals surface area contributed by atoms with Crippen LogP contribution in [0.15, 0.2) is 30.3 Å². The number of aliphatic hydroxyl groups is 2. The number of benzene rings is 1. The molecule has 1 saturated heterocycles. The summed E-state index contributed by atoms with van der Waals surface area (Å²) in [7, 11) is 0. The Balaban J connectivity index is 1.81. The molecule has 1 aromatic rings. The molecule has 0 aliphatic carbocycles. The molecule has 0 bridgehead atoms. The van der Waals surface area contributed by atoms with Gasteiger partial charge in [-0.3, -0.25) is 0 Å². The average molecular weight is 282 g/mol. The van der Waals surface area contributed by atoms with E-state index in [2.05, 4.69) is 0 Å². The normalized spacial score (nSPS) is 26.6. The van der Waals surface area contributed by atoms with E-state index in [1.54, 1.807) is 13.8 Å². The standard InChI is InChI=1S/C15H22O5/c1-15(2)19-13(8-16)14(20-15)12(17)10-18-9-11-6-4-3-5-7-11/h3-7,12-14,16-17H,8-10H2,1-2H3/t12-,13-,14+/m0/s1. The van der Waals surface area contributed by atoms with Crippen molar-refractivity contribution in [2.75, 3.05) is 13.2 Å². The van der Waals surface area contributed by atoms with Gasteiger partial charge in [-0.1, -0.05) is 30.3 Å². The highest BCUT2D eigenvalue weighted by molar-refractivity contribution is 5.13. The Morgan fingerprint density at radius 1 is 1.25 bits per heavy atom. The van der Waals surface area contributed by atoms with E-state index in [1.807, 2.05) is 30.3 Å². The lowest BCUT2D eigenvalue weighted by molar-refractivity contribution is -0.160. The predicted octanol–water partition coefficient (Wildman–Crippen LogP) is 1.08. The van der Waals surface area contributed by atoms with Gasteiger partial charge in [-0.05, 0) is 19.4 Å². The van der Waals surface area contributed by atoms with Crippen LogP contribution >= 0.6 is 0 Å². The zero-order chi connectivity index (χ0) is 14.6. The van der Waals surface area contributed by atoms with Gasteiger partial charge in [0.1, 0.15) is 18.3 Å². The second-order valence-electron chi connectivity index (χ2n) is 5.39. The second-order valence-corrected chi connectivity index (χ2v) is 5.39. The highest BCUT2D eigenvalue weighted by Crippen LogP contribution is 2.29. The number of rotatable bonds is 6. The maximum atomic E-state index is 10.1. The molecular weight excluding hydrogens is 260 g/mol. The minimum Gasteiger partial charge on any atom is -0.394 e. The summed E-state index contributed by atoms with van der Waals surface area (Å²) in [6.45, 7) is 3.89. The first kappa shape index (κ1) is 15.4. The molecule has 0 saturated carbocycles. The summed E-state index contributed by atoms with van der Waals surface area (Å²) in [5.74, 6) is -0.793. The fourth-order valence-electron chi connectivity index (χ4n) is 2.30. The van der Waals surface area contributed by atoms with E-state index in [1.165, 1.54) is 0 Å². The first-order chi connectivity index (χ1) is 9.52. The molecule has 20 heavy (non-hydrogen) atoms. The number of hydrogen-bond acceptors (Lipinski definition) is 5. The van der Waals surface area contributed by atoms with E-state index < -0.39 is 24.1 Å². The van der Waals surface area contributed by atoms with Crippen LogP contribution in [0, 0.1) is 0 Å². The lowest BCUT2D eigenvalue weighted by atomic mass is 10.1. The first-order valence-corrected chi connectivity index (χ1v) is 6.78. The van der Waals surface area contributed by atoms with Crippen molar-refractivity contribution in [3.8, 4) is 0 Å². The highest BCUT2D eigenvalue weighted by atomic mass is 16.8. The van der Waals surface area contributed by atoms with Crippen LogP contribution in [0.5, 0.6) is 0 Å². The van der Waals surface area contributed by atoms with Crippen molar-refractivity contribution in [2.24, 2.45) is 0 Å². The molecule has 1 heterocycles. The van der Waals surface area contributed by atoms with E-state index in [4.69, 9.17) is 14.2 Å². The molecular formula is C15H22O5. The van der Waals surface area contributed by atoms with Crippen molar-refractivity contribution in [3.05, 3.63) is 35.9 Å². The molecule has 1 fully saturated rings. The van der Waals surface area contributed by atoms with Gasteiger partial charge in [0.25, 0.3) is 0 Å². The van der Waals surface area contributed by atoms with Gasteiger partial charge >= 0.3 is 0 Å². The Labute approximate surface area is 119 Å². The third-order valence-electron chi connectivity index (χ3n) is 3.18. The molecule has 0 unspecified atom stereocenters.